The van der Waals surface area contributed by atoms with E-state index in [2.05, 4.69) is 69.1 Å². The molecule has 3 nitrogen and oxygen atoms in total. The largest absolute Gasteiger partial charge is 0.309 e. The maximum absolute atomic E-state index is 5.61. The first-order valence-corrected chi connectivity index (χ1v) is 10.6. The van der Waals surface area contributed by atoms with E-state index in [9.17, 15) is 0 Å². The minimum atomic E-state index is 0.709. The van der Waals surface area contributed by atoms with Crippen LogP contribution in [0.2, 0.25) is 0 Å². The molecule has 0 radical (unpaired) electrons. The molecule has 0 aliphatic carbocycles. The van der Waals surface area contributed by atoms with Crippen molar-refractivity contribution in [3.05, 3.63) is 69.1 Å². The molecule has 4 aromatic rings. The molecule has 0 fully saturated rings. The third kappa shape index (κ3) is 3.33. The fraction of sp³-hybridized carbons (Fsp3) is 0.158. The van der Waals surface area contributed by atoms with Gasteiger partial charge in [0.25, 0.3) is 0 Å². The van der Waals surface area contributed by atoms with Gasteiger partial charge in [0, 0.05) is 6.54 Å². The van der Waals surface area contributed by atoms with Crippen molar-refractivity contribution in [2.45, 2.75) is 13.3 Å². The van der Waals surface area contributed by atoms with Gasteiger partial charge in [0.15, 0.2) is 7.91 Å². The SMILES string of the molecule is C=CCN(Cn1c(=S)sc2ccccc21)Cn1c(=S)sc2ccccc21. The van der Waals surface area contributed by atoms with E-state index in [4.69, 9.17) is 24.4 Å². The second kappa shape index (κ2) is 7.54. The molecule has 132 valence electrons. The lowest BCUT2D eigenvalue weighted by molar-refractivity contribution is 0.196. The monoisotopic (exact) mass is 415 g/mol. The van der Waals surface area contributed by atoms with E-state index >= 15 is 0 Å². The number of rotatable bonds is 6. The standard InChI is InChI=1S/C19H17N3S4/c1-2-11-20(12-21-14-7-3-5-9-16(14)25-18(21)23)13-22-15-8-4-6-10-17(15)26-19(22)24/h2-10H,1,11-13H2. The van der Waals surface area contributed by atoms with E-state index in [0.29, 0.717) is 13.3 Å². The van der Waals surface area contributed by atoms with Gasteiger partial charge < -0.3 is 9.13 Å². The van der Waals surface area contributed by atoms with E-state index in [0.717, 1.165) is 14.5 Å². The van der Waals surface area contributed by atoms with Crippen molar-refractivity contribution >= 4 is 67.5 Å². The van der Waals surface area contributed by atoms with Crippen LogP contribution in [0.5, 0.6) is 0 Å². The summed E-state index contributed by atoms with van der Waals surface area (Å²) in [4.78, 5) is 2.30. The highest BCUT2D eigenvalue weighted by Crippen LogP contribution is 2.25. The lowest BCUT2D eigenvalue weighted by Crippen LogP contribution is -2.29. The Hall–Kier alpha value is -1.64. The molecule has 7 heteroatoms. The van der Waals surface area contributed by atoms with Gasteiger partial charge in [-0.2, -0.15) is 0 Å². The van der Waals surface area contributed by atoms with Crippen molar-refractivity contribution in [3.63, 3.8) is 0 Å². The van der Waals surface area contributed by atoms with Gasteiger partial charge in [-0.05, 0) is 48.7 Å². The topological polar surface area (TPSA) is 13.1 Å². The minimum absolute atomic E-state index is 0.709. The maximum atomic E-state index is 5.61. The highest BCUT2D eigenvalue weighted by molar-refractivity contribution is 7.74. The van der Waals surface area contributed by atoms with Crippen LogP contribution >= 0.6 is 47.1 Å². The Morgan fingerprint density at radius 3 is 1.77 bits per heavy atom. The number of benzene rings is 2. The summed E-state index contributed by atoms with van der Waals surface area (Å²) in [6.07, 6.45) is 1.93. The minimum Gasteiger partial charge on any atom is -0.309 e. The number of nitrogens with zero attached hydrogens (tertiary/aromatic N) is 3. The van der Waals surface area contributed by atoms with Crippen LogP contribution < -0.4 is 0 Å². The second-order valence-electron chi connectivity index (χ2n) is 5.95. The van der Waals surface area contributed by atoms with Crippen molar-refractivity contribution in [2.24, 2.45) is 0 Å². The Kier molecular flexibility index (Phi) is 5.15. The van der Waals surface area contributed by atoms with Crippen LogP contribution in [0, 0.1) is 7.91 Å². The molecule has 0 saturated heterocycles. The fourth-order valence-electron chi connectivity index (χ4n) is 3.04. The Morgan fingerprint density at radius 1 is 0.846 bits per heavy atom. The van der Waals surface area contributed by atoms with E-state index < -0.39 is 0 Å². The number of fused-ring (bicyclic) bond motifs is 2. The number of para-hydroxylation sites is 2. The fourth-order valence-corrected chi connectivity index (χ4v) is 5.66. The van der Waals surface area contributed by atoms with Crippen molar-refractivity contribution < 1.29 is 0 Å². The summed E-state index contributed by atoms with van der Waals surface area (Å²) < 4.78 is 8.59. The molecule has 0 amide bonds. The zero-order valence-corrected chi connectivity index (χ0v) is 17.3. The molecule has 0 atom stereocenters. The van der Waals surface area contributed by atoms with Gasteiger partial charge in [0.2, 0.25) is 0 Å². The summed E-state index contributed by atoms with van der Waals surface area (Å²) in [5, 5.41) is 0. The first kappa shape index (κ1) is 17.8. The summed E-state index contributed by atoms with van der Waals surface area (Å²) in [5.41, 5.74) is 2.35. The molecule has 0 bridgehead atoms. The summed E-state index contributed by atoms with van der Waals surface area (Å²) >= 11 is 14.5. The lowest BCUT2D eigenvalue weighted by Gasteiger charge is -2.22. The average Bonchev–Trinajstić information content (AvgIpc) is 3.12. The maximum Gasteiger partial charge on any atom is 0.163 e. The molecule has 0 saturated carbocycles. The molecule has 26 heavy (non-hydrogen) atoms. The number of aromatic nitrogens is 2. The van der Waals surface area contributed by atoms with Gasteiger partial charge in [-0.15, -0.1) is 29.3 Å². The molecule has 2 heterocycles. The van der Waals surface area contributed by atoms with E-state index in [-0.39, 0.29) is 0 Å². The quantitative estimate of drug-likeness (QED) is 0.272. The molecular weight excluding hydrogens is 398 g/mol. The van der Waals surface area contributed by atoms with Gasteiger partial charge in [-0.3, -0.25) is 4.90 Å². The van der Waals surface area contributed by atoms with Crippen molar-refractivity contribution in [1.82, 2.24) is 14.0 Å². The molecule has 2 aromatic heterocycles. The predicted molar refractivity (Wildman–Crippen MR) is 118 cm³/mol. The van der Waals surface area contributed by atoms with Crippen LogP contribution in [-0.4, -0.2) is 20.6 Å². The summed E-state index contributed by atoms with van der Waals surface area (Å²) in [7, 11) is 0. The van der Waals surface area contributed by atoms with Crippen LogP contribution in [0.1, 0.15) is 0 Å². The predicted octanol–water partition coefficient (Wildman–Crippen LogP) is 6.28. The highest BCUT2D eigenvalue weighted by atomic mass is 32.2. The lowest BCUT2D eigenvalue weighted by atomic mass is 10.3. The van der Waals surface area contributed by atoms with Gasteiger partial charge in [-0.25, -0.2) is 0 Å². The normalized spacial score (nSPS) is 11.6. The summed E-state index contributed by atoms with van der Waals surface area (Å²) in [6, 6.07) is 16.7. The third-order valence-corrected chi connectivity index (χ3v) is 7.08. The van der Waals surface area contributed by atoms with E-state index in [1.54, 1.807) is 22.7 Å². The third-order valence-electron chi connectivity index (χ3n) is 4.22. The molecule has 2 aromatic carbocycles. The smallest absolute Gasteiger partial charge is 0.163 e. The molecule has 0 aliphatic rings. The van der Waals surface area contributed by atoms with Crippen LogP contribution in [0.4, 0.5) is 0 Å². The van der Waals surface area contributed by atoms with Gasteiger partial charge in [0.1, 0.15) is 0 Å². The van der Waals surface area contributed by atoms with Gasteiger partial charge in [-0.1, -0.05) is 30.3 Å². The van der Waals surface area contributed by atoms with Crippen molar-refractivity contribution in [3.8, 4) is 0 Å². The number of thiazole rings is 2. The van der Waals surface area contributed by atoms with Crippen LogP contribution in [-0.2, 0) is 13.3 Å². The first-order valence-electron chi connectivity index (χ1n) is 8.17. The Bertz CT molecular complexity index is 1100. The molecule has 0 aliphatic heterocycles. The van der Waals surface area contributed by atoms with E-state index in [1.807, 2.05) is 6.08 Å². The molecule has 0 spiro atoms. The van der Waals surface area contributed by atoms with Crippen LogP contribution in [0.3, 0.4) is 0 Å². The van der Waals surface area contributed by atoms with E-state index in [1.165, 1.54) is 20.4 Å². The molecule has 0 unspecified atom stereocenters. The zero-order valence-electron chi connectivity index (χ0n) is 14.0. The number of hydrogen-bond acceptors (Lipinski definition) is 5. The van der Waals surface area contributed by atoms with Gasteiger partial charge >= 0.3 is 0 Å². The molecular formula is C19H17N3S4. The summed E-state index contributed by atoms with van der Waals surface area (Å²) in [5.74, 6) is 0. The molecule has 0 N–H and O–H groups in total. The van der Waals surface area contributed by atoms with Crippen molar-refractivity contribution in [2.75, 3.05) is 6.54 Å². The molecule has 4 rings (SSSR count). The Morgan fingerprint density at radius 2 is 1.31 bits per heavy atom. The van der Waals surface area contributed by atoms with Crippen LogP contribution in [0.25, 0.3) is 20.4 Å². The first-order chi connectivity index (χ1) is 12.7. The Balaban J connectivity index is 1.71. The highest BCUT2D eigenvalue weighted by Gasteiger charge is 2.12. The van der Waals surface area contributed by atoms with Gasteiger partial charge in [0.05, 0.1) is 33.8 Å². The summed E-state index contributed by atoms with van der Waals surface area (Å²) in [6.45, 7) is 6.10. The Labute approximate surface area is 170 Å². The number of hydrogen-bond donors (Lipinski definition) is 0. The average molecular weight is 416 g/mol. The zero-order chi connectivity index (χ0) is 18.1. The second-order valence-corrected chi connectivity index (χ2v) is 9.30. The van der Waals surface area contributed by atoms with Crippen LogP contribution in [0.15, 0.2) is 61.2 Å². The van der Waals surface area contributed by atoms with Crippen molar-refractivity contribution in [1.29, 1.82) is 0 Å².